The number of carbonyl (C=O) groups excluding carboxylic acids is 4. The molecule has 2 aliphatic rings. The molecule has 1 saturated heterocycles. The fourth-order valence-electron chi connectivity index (χ4n) is 3.55. The van der Waals surface area contributed by atoms with Gasteiger partial charge in [-0.05, 0) is 35.7 Å². The number of carboxylic acids is 1. The van der Waals surface area contributed by atoms with E-state index in [9.17, 15) is 24.0 Å². The lowest BCUT2D eigenvalue weighted by Gasteiger charge is -2.27. The molecule has 2 aromatic rings. The summed E-state index contributed by atoms with van der Waals surface area (Å²) in [5.41, 5.74) is 1.49. The predicted molar refractivity (Wildman–Crippen MR) is 95.5 cm³/mol. The van der Waals surface area contributed by atoms with E-state index in [2.05, 4.69) is 5.32 Å². The number of piperidine rings is 1. The minimum atomic E-state index is -1.07. The van der Waals surface area contributed by atoms with Crippen molar-refractivity contribution in [2.75, 3.05) is 0 Å². The predicted octanol–water partition coefficient (Wildman–Crippen LogP) is 1.45. The molecule has 1 atom stereocenters. The Hall–Kier alpha value is -3.81. The third-order valence-corrected chi connectivity index (χ3v) is 4.91. The highest BCUT2D eigenvalue weighted by Gasteiger charge is 2.45. The molecular weight excluding hydrogens is 364 g/mol. The first-order chi connectivity index (χ1) is 13.4. The Balaban J connectivity index is 1.75. The van der Waals surface area contributed by atoms with Crippen LogP contribution in [0.5, 0.6) is 0 Å². The van der Waals surface area contributed by atoms with Crippen LogP contribution in [0.2, 0.25) is 0 Å². The summed E-state index contributed by atoms with van der Waals surface area (Å²) in [4.78, 5) is 61.3. The second kappa shape index (κ2) is 6.41. The zero-order chi connectivity index (χ0) is 20.0. The van der Waals surface area contributed by atoms with E-state index in [4.69, 9.17) is 5.11 Å². The van der Waals surface area contributed by atoms with Crippen molar-refractivity contribution in [3.05, 3.63) is 59.2 Å². The molecule has 1 fully saturated rings. The molecule has 2 N–H and O–H groups in total. The molecule has 2 aliphatic heterocycles. The van der Waals surface area contributed by atoms with Crippen LogP contribution in [0.4, 0.5) is 0 Å². The van der Waals surface area contributed by atoms with E-state index >= 15 is 0 Å². The molecule has 4 amide bonds. The second-order valence-corrected chi connectivity index (χ2v) is 6.56. The van der Waals surface area contributed by atoms with Crippen LogP contribution < -0.4 is 5.32 Å². The highest BCUT2D eigenvalue weighted by molar-refractivity contribution is 6.25. The fraction of sp³-hybridized carbons (Fsp3) is 0.150. The van der Waals surface area contributed by atoms with E-state index < -0.39 is 35.6 Å². The van der Waals surface area contributed by atoms with Crippen LogP contribution in [0.15, 0.2) is 42.5 Å². The molecule has 140 valence electrons. The van der Waals surface area contributed by atoms with Gasteiger partial charge >= 0.3 is 5.97 Å². The first-order valence-corrected chi connectivity index (χ1v) is 8.57. The lowest BCUT2D eigenvalue weighted by molar-refractivity contribution is -0.136. The maximum atomic E-state index is 13.0. The summed E-state index contributed by atoms with van der Waals surface area (Å²) >= 11 is 0. The third-order valence-electron chi connectivity index (χ3n) is 4.91. The summed E-state index contributed by atoms with van der Waals surface area (Å²) in [5, 5.41) is 11.2. The first kappa shape index (κ1) is 17.6. The summed E-state index contributed by atoms with van der Waals surface area (Å²) in [5.74, 6) is -3.36. The Bertz CT molecular complexity index is 1060. The molecule has 0 aliphatic carbocycles. The minimum absolute atomic E-state index is 0.0489. The van der Waals surface area contributed by atoms with Crippen molar-refractivity contribution in [2.45, 2.75) is 18.9 Å². The number of imide groups is 2. The van der Waals surface area contributed by atoms with Crippen molar-refractivity contribution in [2.24, 2.45) is 0 Å². The Morgan fingerprint density at radius 1 is 0.964 bits per heavy atom. The van der Waals surface area contributed by atoms with Crippen LogP contribution in [0, 0.1) is 0 Å². The van der Waals surface area contributed by atoms with Crippen LogP contribution >= 0.6 is 0 Å². The number of nitrogens with one attached hydrogen (secondary N) is 1. The zero-order valence-corrected chi connectivity index (χ0v) is 14.5. The molecule has 0 radical (unpaired) electrons. The van der Waals surface area contributed by atoms with Crippen molar-refractivity contribution in [3.8, 4) is 11.1 Å². The SMILES string of the molecule is O=C1CCC(N2C(=O)c3cccc(-c4ccc(C(=O)O)cc4)c3C2=O)C(=O)N1. The maximum Gasteiger partial charge on any atom is 0.335 e. The Morgan fingerprint density at radius 2 is 1.64 bits per heavy atom. The van der Waals surface area contributed by atoms with Gasteiger partial charge < -0.3 is 5.11 Å². The Kier molecular flexibility index (Phi) is 4.03. The van der Waals surface area contributed by atoms with Crippen LogP contribution in [0.1, 0.15) is 43.9 Å². The number of fused-ring (bicyclic) bond motifs is 1. The average Bonchev–Trinajstić information content (AvgIpc) is 2.93. The van der Waals surface area contributed by atoms with Gasteiger partial charge in [-0.3, -0.25) is 29.4 Å². The van der Waals surface area contributed by atoms with Crippen molar-refractivity contribution >= 4 is 29.6 Å². The van der Waals surface area contributed by atoms with Crippen LogP contribution in [0.25, 0.3) is 11.1 Å². The van der Waals surface area contributed by atoms with Crippen molar-refractivity contribution in [1.29, 1.82) is 0 Å². The number of hydrogen-bond donors (Lipinski definition) is 2. The standard InChI is InChI=1S/C20H14N2O6/c23-15-9-8-14(17(24)21-15)22-18(25)13-3-1-2-12(16(13)19(22)26)10-4-6-11(7-5-10)20(27)28/h1-7,14H,8-9H2,(H,27,28)(H,21,23,24). The summed E-state index contributed by atoms with van der Waals surface area (Å²) in [6.07, 6.45) is 0.131. The summed E-state index contributed by atoms with van der Waals surface area (Å²) in [6, 6.07) is 9.71. The number of benzene rings is 2. The average molecular weight is 378 g/mol. The van der Waals surface area contributed by atoms with E-state index in [1.54, 1.807) is 24.3 Å². The van der Waals surface area contributed by atoms with Crippen molar-refractivity contribution < 1.29 is 29.1 Å². The molecule has 0 spiro atoms. The molecule has 1 unspecified atom stereocenters. The molecule has 0 aromatic heterocycles. The maximum absolute atomic E-state index is 13.0. The van der Waals surface area contributed by atoms with Gasteiger partial charge in [0.05, 0.1) is 16.7 Å². The lowest BCUT2D eigenvalue weighted by atomic mass is 9.96. The molecule has 2 aromatic carbocycles. The summed E-state index contributed by atoms with van der Waals surface area (Å²) in [6.45, 7) is 0. The summed E-state index contributed by atoms with van der Waals surface area (Å²) < 4.78 is 0. The van der Waals surface area contributed by atoms with Gasteiger partial charge in [0.25, 0.3) is 11.8 Å². The number of rotatable bonds is 3. The van der Waals surface area contributed by atoms with Gasteiger partial charge in [0.15, 0.2) is 0 Å². The minimum Gasteiger partial charge on any atom is -0.478 e. The monoisotopic (exact) mass is 378 g/mol. The summed E-state index contributed by atoms with van der Waals surface area (Å²) in [7, 11) is 0. The van der Waals surface area contributed by atoms with Crippen LogP contribution in [-0.4, -0.2) is 45.6 Å². The molecular formula is C20H14N2O6. The van der Waals surface area contributed by atoms with Gasteiger partial charge in [-0.25, -0.2) is 4.79 Å². The van der Waals surface area contributed by atoms with E-state index in [1.807, 2.05) is 0 Å². The fourth-order valence-corrected chi connectivity index (χ4v) is 3.55. The smallest absolute Gasteiger partial charge is 0.335 e. The molecule has 2 heterocycles. The molecule has 28 heavy (non-hydrogen) atoms. The molecule has 0 bridgehead atoms. The van der Waals surface area contributed by atoms with E-state index in [1.165, 1.54) is 18.2 Å². The largest absolute Gasteiger partial charge is 0.478 e. The number of amides is 4. The third kappa shape index (κ3) is 2.66. The van der Waals surface area contributed by atoms with Crippen molar-refractivity contribution in [3.63, 3.8) is 0 Å². The van der Waals surface area contributed by atoms with Gasteiger partial charge in [0.1, 0.15) is 6.04 Å². The van der Waals surface area contributed by atoms with Crippen LogP contribution in [0.3, 0.4) is 0 Å². The topological polar surface area (TPSA) is 121 Å². The van der Waals surface area contributed by atoms with Gasteiger partial charge in [-0.1, -0.05) is 24.3 Å². The van der Waals surface area contributed by atoms with Crippen molar-refractivity contribution in [1.82, 2.24) is 10.2 Å². The molecule has 8 heteroatoms. The van der Waals surface area contributed by atoms with Crippen LogP contribution in [-0.2, 0) is 9.59 Å². The number of nitrogens with zero attached hydrogens (tertiary/aromatic N) is 1. The highest BCUT2D eigenvalue weighted by atomic mass is 16.4. The molecule has 0 saturated carbocycles. The van der Waals surface area contributed by atoms with Gasteiger partial charge in [0, 0.05) is 6.42 Å². The Morgan fingerprint density at radius 3 is 2.29 bits per heavy atom. The highest BCUT2D eigenvalue weighted by Crippen LogP contribution is 2.34. The Labute approximate surface area is 158 Å². The van der Waals surface area contributed by atoms with Gasteiger partial charge in [0.2, 0.25) is 11.8 Å². The zero-order valence-electron chi connectivity index (χ0n) is 14.5. The van der Waals surface area contributed by atoms with E-state index in [0.717, 1.165) is 4.90 Å². The normalized spacial score (nSPS) is 18.9. The first-order valence-electron chi connectivity index (χ1n) is 8.57. The van der Waals surface area contributed by atoms with Gasteiger partial charge in [-0.15, -0.1) is 0 Å². The van der Waals surface area contributed by atoms with E-state index in [-0.39, 0.29) is 29.5 Å². The lowest BCUT2D eigenvalue weighted by Crippen LogP contribution is -2.54. The van der Waals surface area contributed by atoms with E-state index in [0.29, 0.717) is 11.1 Å². The van der Waals surface area contributed by atoms with Gasteiger partial charge in [-0.2, -0.15) is 0 Å². The molecule has 4 rings (SSSR count). The number of carbonyl (C=O) groups is 5. The number of hydrogen-bond acceptors (Lipinski definition) is 5. The molecule has 8 nitrogen and oxygen atoms in total. The number of carboxylic acid groups (broad SMARTS) is 1. The number of aromatic carboxylic acids is 1. The quantitative estimate of drug-likeness (QED) is 0.780. The second-order valence-electron chi connectivity index (χ2n) is 6.56.